The van der Waals surface area contributed by atoms with Gasteiger partial charge in [0.25, 0.3) is 5.91 Å². The molecule has 0 spiro atoms. The highest BCUT2D eigenvalue weighted by atomic mass is 16.5. The molecule has 1 aliphatic heterocycles. The summed E-state index contributed by atoms with van der Waals surface area (Å²) in [5.74, 6) is 1.02. The summed E-state index contributed by atoms with van der Waals surface area (Å²) >= 11 is 0. The van der Waals surface area contributed by atoms with Crippen molar-refractivity contribution in [3.05, 3.63) is 48.0 Å². The van der Waals surface area contributed by atoms with Gasteiger partial charge in [-0.1, -0.05) is 19.1 Å². The van der Waals surface area contributed by atoms with Gasteiger partial charge in [0.15, 0.2) is 11.5 Å². The van der Waals surface area contributed by atoms with E-state index in [9.17, 15) is 4.79 Å². The summed E-state index contributed by atoms with van der Waals surface area (Å²) in [7, 11) is 1.58. The smallest absolute Gasteiger partial charge is 0.255 e. The number of carbonyl (C=O) groups excluding carboxylic acids is 1. The maximum absolute atomic E-state index is 12.9. The number of benzene rings is 2. The molecule has 3 rings (SSSR count). The Hall–Kier alpha value is -2.73. The highest BCUT2D eigenvalue weighted by molar-refractivity contribution is 6.06. The van der Waals surface area contributed by atoms with Crippen LogP contribution in [0.5, 0.6) is 11.5 Å². The number of nitrogens with one attached hydrogen (secondary N) is 1. The van der Waals surface area contributed by atoms with Gasteiger partial charge in [-0.15, -0.1) is 0 Å². The van der Waals surface area contributed by atoms with Crippen LogP contribution in [-0.4, -0.2) is 56.7 Å². The molecular formula is C23H31N3O3. The molecule has 0 radical (unpaired) electrons. The Balaban J connectivity index is 1.76. The largest absolute Gasteiger partial charge is 0.493 e. The lowest BCUT2D eigenvalue weighted by Crippen LogP contribution is -2.46. The molecule has 1 saturated heterocycles. The number of hydrogen-bond donors (Lipinski definition) is 1. The zero-order valence-electron chi connectivity index (χ0n) is 17.8. The van der Waals surface area contributed by atoms with Crippen molar-refractivity contribution >= 4 is 17.3 Å². The van der Waals surface area contributed by atoms with Gasteiger partial charge in [0, 0.05) is 31.7 Å². The summed E-state index contributed by atoms with van der Waals surface area (Å²) < 4.78 is 11.1. The van der Waals surface area contributed by atoms with Crippen LogP contribution in [-0.2, 0) is 0 Å². The van der Waals surface area contributed by atoms with E-state index in [1.54, 1.807) is 25.3 Å². The molecule has 0 aromatic heterocycles. The van der Waals surface area contributed by atoms with Gasteiger partial charge >= 0.3 is 0 Å². The number of methoxy groups -OCH3 is 1. The Morgan fingerprint density at radius 2 is 1.79 bits per heavy atom. The third-order valence-electron chi connectivity index (χ3n) is 5.10. The molecule has 0 atom stereocenters. The summed E-state index contributed by atoms with van der Waals surface area (Å²) in [4.78, 5) is 17.7. The molecule has 0 bridgehead atoms. The van der Waals surface area contributed by atoms with Crippen LogP contribution in [0.4, 0.5) is 11.4 Å². The molecule has 2 aromatic carbocycles. The van der Waals surface area contributed by atoms with Gasteiger partial charge < -0.3 is 24.6 Å². The fraction of sp³-hybridized carbons (Fsp3) is 0.435. The highest BCUT2D eigenvalue weighted by Gasteiger charge is 2.19. The minimum atomic E-state index is -0.168. The summed E-state index contributed by atoms with van der Waals surface area (Å²) in [5.41, 5.74) is 2.41. The predicted octanol–water partition coefficient (Wildman–Crippen LogP) is 3.88. The van der Waals surface area contributed by atoms with Crippen LogP contribution in [0.3, 0.4) is 0 Å². The monoisotopic (exact) mass is 397 g/mol. The number of ether oxygens (including phenoxy) is 2. The van der Waals surface area contributed by atoms with E-state index in [0.29, 0.717) is 17.1 Å². The number of carbonyl (C=O) groups is 1. The number of hydrogen-bond acceptors (Lipinski definition) is 5. The van der Waals surface area contributed by atoms with Gasteiger partial charge in [-0.25, -0.2) is 0 Å². The molecule has 1 fully saturated rings. The van der Waals surface area contributed by atoms with E-state index in [2.05, 4.69) is 28.1 Å². The Kier molecular flexibility index (Phi) is 6.99. The van der Waals surface area contributed by atoms with E-state index >= 15 is 0 Å². The first-order valence-electron chi connectivity index (χ1n) is 10.2. The minimum Gasteiger partial charge on any atom is -0.493 e. The third kappa shape index (κ3) is 5.21. The lowest BCUT2D eigenvalue weighted by Gasteiger charge is -2.36. The zero-order chi connectivity index (χ0) is 20.8. The molecule has 6 heteroatoms. The molecule has 1 heterocycles. The summed E-state index contributed by atoms with van der Waals surface area (Å²) in [5, 5.41) is 3.07. The molecule has 6 nitrogen and oxygen atoms in total. The molecule has 1 aliphatic rings. The predicted molar refractivity (Wildman–Crippen MR) is 117 cm³/mol. The number of nitrogens with zero attached hydrogens (tertiary/aromatic N) is 2. The molecule has 29 heavy (non-hydrogen) atoms. The maximum atomic E-state index is 12.9. The first-order valence-corrected chi connectivity index (χ1v) is 10.2. The average Bonchev–Trinajstić information content (AvgIpc) is 2.74. The minimum absolute atomic E-state index is 0.0311. The van der Waals surface area contributed by atoms with E-state index in [1.165, 1.54) is 0 Å². The molecule has 0 aliphatic carbocycles. The average molecular weight is 398 g/mol. The molecule has 2 aromatic rings. The summed E-state index contributed by atoms with van der Waals surface area (Å²) in [6.45, 7) is 11.2. The highest BCUT2D eigenvalue weighted by Crippen LogP contribution is 2.31. The van der Waals surface area contributed by atoms with Crippen LogP contribution in [0.15, 0.2) is 42.5 Å². The second-order valence-electron chi connectivity index (χ2n) is 7.42. The quantitative estimate of drug-likeness (QED) is 0.769. The van der Waals surface area contributed by atoms with Crippen molar-refractivity contribution in [2.45, 2.75) is 26.9 Å². The van der Waals surface area contributed by atoms with E-state index in [1.807, 2.05) is 32.0 Å². The Bertz CT molecular complexity index is 830. The van der Waals surface area contributed by atoms with Crippen LogP contribution < -0.4 is 19.7 Å². The zero-order valence-corrected chi connectivity index (χ0v) is 17.8. The number of para-hydroxylation sites is 2. The number of likely N-dealkylation sites (N-methyl/N-ethyl adjacent to an activating group) is 1. The maximum Gasteiger partial charge on any atom is 0.255 e. The second-order valence-corrected chi connectivity index (χ2v) is 7.42. The lowest BCUT2D eigenvalue weighted by molar-refractivity contribution is 0.102. The molecular weight excluding hydrogens is 366 g/mol. The van der Waals surface area contributed by atoms with Crippen molar-refractivity contribution in [1.82, 2.24) is 4.90 Å². The summed E-state index contributed by atoms with van der Waals surface area (Å²) in [6.07, 6.45) is 0.0311. The van der Waals surface area contributed by atoms with Gasteiger partial charge in [0.1, 0.15) is 0 Å². The van der Waals surface area contributed by atoms with Crippen molar-refractivity contribution < 1.29 is 14.3 Å². The van der Waals surface area contributed by atoms with Gasteiger partial charge in [0.05, 0.1) is 24.6 Å². The molecule has 0 saturated carbocycles. The standard InChI is InChI=1S/C23H31N3O3/c1-5-25-12-14-26(15-13-25)20-9-7-6-8-19(20)24-23(27)18-10-11-21(29-17(2)3)22(16-18)28-4/h6-11,16-17H,5,12-15H2,1-4H3,(H,24,27). The lowest BCUT2D eigenvalue weighted by atomic mass is 10.1. The fourth-order valence-corrected chi connectivity index (χ4v) is 3.51. The summed E-state index contributed by atoms with van der Waals surface area (Å²) in [6, 6.07) is 13.2. The normalized spacial score (nSPS) is 14.7. The Morgan fingerprint density at radius 1 is 1.07 bits per heavy atom. The van der Waals surface area contributed by atoms with Crippen molar-refractivity contribution in [3.8, 4) is 11.5 Å². The molecule has 1 N–H and O–H groups in total. The molecule has 0 unspecified atom stereocenters. The van der Waals surface area contributed by atoms with Gasteiger partial charge in [0.2, 0.25) is 0 Å². The van der Waals surface area contributed by atoms with E-state index < -0.39 is 0 Å². The molecule has 156 valence electrons. The third-order valence-corrected chi connectivity index (χ3v) is 5.10. The van der Waals surface area contributed by atoms with Gasteiger partial charge in [-0.2, -0.15) is 0 Å². The first kappa shape index (κ1) is 21.0. The van der Waals surface area contributed by atoms with E-state index in [4.69, 9.17) is 9.47 Å². The van der Waals surface area contributed by atoms with Crippen LogP contribution in [0.25, 0.3) is 0 Å². The number of rotatable bonds is 7. The van der Waals surface area contributed by atoms with Crippen molar-refractivity contribution in [2.75, 3.05) is 50.1 Å². The van der Waals surface area contributed by atoms with Crippen molar-refractivity contribution in [3.63, 3.8) is 0 Å². The van der Waals surface area contributed by atoms with Gasteiger partial charge in [-0.05, 0) is 50.7 Å². The van der Waals surface area contributed by atoms with E-state index in [0.717, 1.165) is 44.1 Å². The van der Waals surface area contributed by atoms with Crippen LogP contribution in [0.2, 0.25) is 0 Å². The van der Waals surface area contributed by atoms with Gasteiger partial charge in [-0.3, -0.25) is 4.79 Å². The van der Waals surface area contributed by atoms with Crippen molar-refractivity contribution in [1.29, 1.82) is 0 Å². The number of piperazine rings is 1. The Labute approximate surface area is 173 Å². The van der Waals surface area contributed by atoms with Crippen LogP contribution >= 0.6 is 0 Å². The van der Waals surface area contributed by atoms with Crippen LogP contribution in [0, 0.1) is 0 Å². The number of amides is 1. The topological polar surface area (TPSA) is 54.0 Å². The number of anilines is 2. The van der Waals surface area contributed by atoms with E-state index in [-0.39, 0.29) is 12.0 Å². The Morgan fingerprint density at radius 3 is 2.45 bits per heavy atom. The van der Waals surface area contributed by atoms with Crippen molar-refractivity contribution in [2.24, 2.45) is 0 Å². The first-order chi connectivity index (χ1) is 14.0. The fourth-order valence-electron chi connectivity index (χ4n) is 3.51. The molecule has 1 amide bonds. The second kappa shape index (κ2) is 9.65. The van der Waals surface area contributed by atoms with Crippen LogP contribution in [0.1, 0.15) is 31.1 Å². The SMILES string of the molecule is CCN1CCN(c2ccccc2NC(=O)c2ccc(OC(C)C)c(OC)c2)CC1.